The van der Waals surface area contributed by atoms with Gasteiger partial charge in [-0.2, -0.15) is 0 Å². The molecule has 76 valence electrons. The van der Waals surface area contributed by atoms with Gasteiger partial charge in [-0.05, 0) is 19.3 Å². The average Bonchev–Trinajstić information content (AvgIpc) is 2.40. The first-order valence-electron chi connectivity index (χ1n) is 4.80. The molecule has 4 heteroatoms. The summed E-state index contributed by atoms with van der Waals surface area (Å²) in [5.74, 6) is 2.60. The molecule has 2 atom stereocenters. The summed E-state index contributed by atoms with van der Waals surface area (Å²) in [5, 5.41) is 3.31. The molecule has 0 aromatic carbocycles. The van der Waals surface area contributed by atoms with Crippen molar-refractivity contribution in [2.24, 2.45) is 11.5 Å². The van der Waals surface area contributed by atoms with E-state index in [9.17, 15) is 0 Å². The van der Waals surface area contributed by atoms with Gasteiger partial charge in [-0.15, -0.1) is 12.3 Å². The van der Waals surface area contributed by atoms with Crippen molar-refractivity contribution in [3.8, 4) is 12.3 Å². The third kappa shape index (κ3) is 1.76. The van der Waals surface area contributed by atoms with Crippen LogP contribution >= 0.6 is 11.8 Å². The Bertz CT molecular complexity index is 318. The molecule has 0 bridgehead atoms. The van der Waals surface area contributed by atoms with Crippen LogP contribution in [0.25, 0.3) is 0 Å². The van der Waals surface area contributed by atoms with Crippen LogP contribution in [0.15, 0.2) is 10.6 Å². The molecule has 0 saturated heterocycles. The normalized spacial score (nSPS) is 36.2. The number of nitrogens with one attached hydrogen (secondary N) is 1. The highest BCUT2D eigenvalue weighted by molar-refractivity contribution is 8.04. The first-order valence-corrected chi connectivity index (χ1v) is 5.62. The van der Waals surface area contributed by atoms with Crippen LogP contribution in [0.3, 0.4) is 0 Å². The highest BCUT2D eigenvalue weighted by atomic mass is 32.2. The summed E-state index contributed by atoms with van der Waals surface area (Å²) >= 11 is 1.65. The SMILES string of the molecule is C#CCC1(N)NC2=C(CC(N)CC2)S1. The smallest absolute Gasteiger partial charge is 0.149 e. The number of rotatable bonds is 1. The van der Waals surface area contributed by atoms with E-state index in [2.05, 4.69) is 11.2 Å². The molecule has 0 spiro atoms. The molecule has 2 rings (SSSR count). The van der Waals surface area contributed by atoms with E-state index in [1.807, 2.05) is 0 Å². The summed E-state index contributed by atoms with van der Waals surface area (Å²) in [7, 11) is 0. The maximum Gasteiger partial charge on any atom is 0.149 e. The molecular weight excluding hydrogens is 194 g/mol. The average molecular weight is 209 g/mol. The van der Waals surface area contributed by atoms with Crippen molar-refractivity contribution < 1.29 is 0 Å². The Morgan fingerprint density at radius 3 is 3.21 bits per heavy atom. The number of terminal acetylenes is 1. The third-order valence-electron chi connectivity index (χ3n) is 2.58. The number of nitrogens with two attached hydrogens (primary N) is 2. The Kier molecular flexibility index (Phi) is 2.48. The second kappa shape index (κ2) is 3.50. The Labute approximate surface area is 88.7 Å². The van der Waals surface area contributed by atoms with Crippen molar-refractivity contribution >= 4 is 11.8 Å². The number of hydrogen-bond donors (Lipinski definition) is 3. The molecule has 0 aromatic heterocycles. The minimum absolute atomic E-state index is 0.288. The zero-order valence-corrected chi connectivity index (χ0v) is 8.86. The molecule has 5 N–H and O–H groups in total. The van der Waals surface area contributed by atoms with E-state index in [1.54, 1.807) is 11.8 Å². The number of hydrogen-bond acceptors (Lipinski definition) is 4. The maximum absolute atomic E-state index is 6.10. The highest BCUT2D eigenvalue weighted by Gasteiger charge is 2.37. The van der Waals surface area contributed by atoms with Gasteiger partial charge in [-0.25, -0.2) is 0 Å². The summed E-state index contributed by atoms with van der Waals surface area (Å²) in [6, 6.07) is 0.288. The fourth-order valence-electron chi connectivity index (χ4n) is 1.90. The Hall–Kier alpha value is -0.630. The van der Waals surface area contributed by atoms with Gasteiger partial charge in [0, 0.05) is 16.6 Å². The first kappa shape index (κ1) is 9.91. The lowest BCUT2D eigenvalue weighted by Gasteiger charge is -2.22. The van der Waals surface area contributed by atoms with Gasteiger partial charge in [0.2, 0.25) is 0 Å². The number of thioether (sulfide) groups is 1. The first-order chi connectivity index (χ1) is 6.63. The van der Waals surface area contributed by atoms with E-state index in [0.717, 1.165) is 19.3 Å². The molecule has 1 heterocycles. The molecule has 0 saturated carbocycles. The second-order valence-corrected chi connectivity index (χ2v) is 5.33. The van der Waals surface area contributed by atoms with Crippen molar-refractivity contribution in [3.63, 3.8) is 0 Å². The van der Waals surface area contributed by atoms with E-state index in [4.69, 9.17) is 17.9 Å². The van der Waals surface area contributed by atoms with Gasteiger partial charge >= 0.3 is 0 Å². The summed E-state index contributed by atoms with van der Waals surface area (Å²) in [4.78, 5) is 0.824. The zero-order chi connectivity index (χ0) is 10.2. The predicted molar refractivity (Wildman–Crippen MR) is 59.9 cm³/mol. The van der Waals surface area contributed by atoms with Gasteiger partial charge in [-0.1, -0.05) is 11.8 Å². The van der Waals surface area contributed by atoms with Gasteiger partial charge in [-0.3, -0.25) is 5.73 Å². The standard InChI is InChI=1S/C10H15N3S/c1-2-5-10(12)13-8-4-3-7(11)6-9(8)14-10/h1,7,13H,3-6,11-12H2. The Morgan fingerprint density at radius 1 is 1.71 bits per heavy atom. The largest absolute Gasteiger partial charge is 0.361 e. The molecule has 2 aliphatic rings. The van der Waals surface area contributed by atoms with Crippen molar-refractivity contribution in [3.05, 3.63) is 10.6 Å². The van der Waals surface area contributed by atoms with Crippen LogP contribution in [0.1, 0.15) is 25.7 Å². The summed E-state index contributed by atoms with van der Waals surface area (Å²) in [6.45, 7) is 0. The molecule has 0 fully saturated rings. The molecule has 1 aliphatic heterocycles. The quantitative estimate of drug-likeness (QED) is 0.556. The minimum Gasteiger partial charge on any atom is -0.361 e. The molecule has 0 aromatic rings. The molecule has 0 radical (unpaired) electrons. The fourth-order valence-corrected chi connectivity index (χ4v) is 3.24. The maximum atomic E-state index is 6.10. The van der Waals surface area contributed by atoms with E-state index < -0.39 is 4.99 Å². The number of allylic oxidation sites excluding steroid dienone is 1. The van der Waals surface area contributed by atoms with Crippen molar-refractivity contribution in [1.29, 1.82) is 0 Å². The van der Waals surface area contributed by atoms with Crippen LogP contribution in [0, 0.1) is 12.3 Å². The van der Waals surface area contributed by atoms with E-state index >= 15 is 0 Å². The molecule has 2 unspecified atom stereocenters. The van der Waals surface area contributed by atoms with Crippen LogP contribution in [0.4, 0.5) is 0 Å². The lowest BCUT2D eigenvalue weighted by atomic mass is 10.00. The van der Waals surface area contributed by atoms with Gasteiger partial charge in [0.1, 0.15) is 4.99 Å². The van der Waals surface area contributed by atoms with Crippen molar-refractivity contribution in [2.75, 3.05) is 0 Å². The van der Waals surface area contributed by atoms with E-state index in [1.165, 1.54) is 10.6 Å². The van der Waals surface area contributed by atoms with Crippen LogP contribution in [0.5, 0.6) is 0 Å². The fraction of sp³-hybridized carbons (Fsp3) is 0.600. The van der Waals surface area contributed by atoms with E-state index in [-0.39, 0.29) is 6.04 Å². The molecule has 0 amide bonds. The highest BCUT2D eigenvalue weighted by Crippen LogP contribution is 2.43. The van der Waals surface area contributed by atoms with Crippen LogP contribution < -0.4 is 16.8 Å². The molecular formula is C10H15N3S. The van der Waals surface area contributed by atoms with Gasteiger partial charge in [0.05, 0.1) is 6.42 Å². The third-order valence-corrected chi connectivity index (χ3v) is 3.85. The zero-order valence-electron chi connectivity index (χ0n) is 8.05. The van der Waals surface area contributed by atoms with Gasteiger partial charge in [0.25, 0.3) is 0 Å². The van der Waals surface area contributed by atoms with Crippen LogP contribution in [-0.4, -0.2) is 11.0 Å². The van der Waals surface area contributed by atoms with Gasteiger partial charge in [0.15, 0.2) is 0 Å². The van der Waals surface area contributed by atoms with E-state index in [0.29, 0.717) is 6.42 Å². The lowest BCUT2D eigenvalue weighted by Crippen LogP contribution is -2.46. The molecule has 3 nitrogen and oxygen atoms in total. The molecule has 14 heavy (non-hydrogen) atoms. The topological polar surface area (TPSA) is 64.1 Å². The van der Waals surface area contributed by atoms with Crippen molar-refractivity contribution in [1.82, 2.24) is 5.32 Å². The summed E-state index contributed by atoms with van der Waals surface area (Å²) in [6.07, 6.45) is 8.81. The Morgan fingerprint density at radius 2 is 2.50 bits per heavy atom. The molecule has 1 aliphatic carbocycles. The van der Waals surface area contributed by atoms with Gasteiger partial charge < -0.3 is 11.1 Å². The van der Waals surface area contributed by atoms with Crippen LogP contribution in [-0.2, 0) is 0 Å². The second-order valence-electron chi connectivity index (χ2n) is 3.90. The monoisotopic (exact) mass is 209 g/mol. The Balaban J connectivity index is 2.09. The minimum atomic E-state index is -0.483. The van der Waals surface area contributed by atoms with Crippen LogP contribution in [0.2, 0.25) is 0 Å². The summed E-state index contributed by atoms with van der Waals surface area (Å²) in [5.41, 5.74) is 13.3. The summed E-state index contributed by atoms with van der Waals surface area (Å²) < 4.78 is 0. The lowest BCUT2D eigenvalue weighted by molar-refractivity contribution is 0.511. The predicted octanol–water partition coefficient (Wildman–Crippen LogP) is 0.681. The van der Waals surface area contributed by atoms with Crippen molar-refractivity contribution in [2.45, 2.75) is 36.7 Å².